The number of nitrogens with one attached hydrogen (secondary N) is 1. The molecule has 0 saturated heterocycles. The van der Waals surface area contributed by atoms with Crippen LogP contribution in [-0.4, -0.2) is 23.0 Å². The van der Waals surface area contributed by atoms with Crippen LogP contribution >= 0.6 is 0 Å². The fraction of sp³-hybridized carbons (Fsp3) is 0.154. The number of nitrogens with two attached hydrogens (primary N) is 1. The van der Waals surface area contributed by atoms with Crippen LogP contribution in [0.2, 0.25) is 0 Å². The van der Waals surface area contributed by atoms with E-state index in [1.54, 1.807) is 24.4 Å². The number of hydrogen-bond donors (Lipinski definition) is 2. The SMILES string of the molecule is COc1cc(C(=O)Nc2cnc(C)cn2)ccc1N. The van der Waals surface area contributed by atoms with E-state index in [0.29, 0.717) is 22.8 Å². The molecule has 0 bridgehead atoms. The Morgan fingerprint density at radius 3 is 2.74 bits per heavy atom. The minimum absolute atomic E-state index is 0.295. The average Bonchev–Trinajstić information content (AvgIpc) is 2.42. The Labute approximate surface area is 110 Å². The Hall–Kier alpha value is -2.63. The minimum atomic E-state index is -0.295. The predicted octanol–water partition coefficient (Wildman–Crippen LogP) is 1.63. The van der Waals surface area contributed by atoms with Crippen molar-refractivity contribution in [3.63, 3.8) is 0 Å². The third-order valence-electron chi connectivity index (χ3n) is 2.52. The molecule has 2 aromatic rings. The summed E-state index contributed by atoms with van der Waals surface area (Å²) < 4.78 is 5.07. The van der Waals surface area contributed by atoms with E-state index >= 15 is 0 Å². The van der Waals surface area contributed by atoms with Crippen molar-refractivity contribution in [2.24, 2.45) is 0 Å². The Kier molecular flexibility index (Phi) is 3.61. The maximum atomic E-state index is 12.0. The topological polar surface area (TPSA) is 90.1 Å². The lowest BCUT2D eigenvalue weighted by atomic mass is 10.2. The van der Waals surface area contributed by atoms with Crippen LogP contribution in [0.3, 0.4) is 0 Å². The van der Waals surface area contributed by atoms with Gasteiger partial charge in [-0.05, 0) is 25.1 Å². The number of anilines is 2. The molecule has 0 spiro atoms. The van der Waals surface area contributed by atoms with Gasteiger partial charge in [-0.25, -0.2) is 4.98 Å². The van der Waals surface area contributed by atoms with E-state index in [2.05, 4.69) is 15.3 Å². The minimum Gasteiger partial charge on any atom is -0.495 e. The first-order chi connectivity index (χ1) is 9.10. The molecule has 1 amide bonds. The normalized spacial score (nSPS) is 10.0. The average molecular weight is 258 g/mol. The number of benzene rings is 1. The molecule has 3 N–H and O–H groups in total. The van der Waals surface area contributed by atoms with Crippen LogP contribution in [0.1, 0.15) is 16.1 Å². The summed E-state index contributed by atoms with van der Waals surface area (Å²) in [5.41, 5.74) is 7.39. The molecular weight excluding hydrogens is 244 g/mol. The highest BCUT2D eigenvalue weighted by atomic mass is 16.5. The van der Waals surface area contributed by atoms with Gasteiger partial charge in [-0.15, -0.1) is 0 Å². The van der Waals surface area contributed by atoms with E-state index < -0.39 is 0 Å². The van der Waals surface area contributed by atoms with Crippen LogP contribution in [0.25, 0.3) is 0 Å². The number of nitrogen functional groups attached to an aromatic ring is 1. The second-order valence-electron chi connectivity index (χ2n) is 3.95. The van der Waals surface area contributed by atoms with E-state index in [1.165, 1.54) is 13.3 Å². The fourth-order valence-corrected chi connectivity index (χ4v) is 1.50. The van der Waals surface area contributed by atoms with Crippen LogP contribution < -0.4 is 15.8 Å². The van der Waals surface area contributed by atoms with E-state index in [1.807, 2.05) is 6.92 Å². The van der Waals surface area contributed by atoms with Crippen molar-refractivity contribution in [2.45, 2.75) is 6.92 Å². The molecule has 0 fully saturated rings. The highest BCUT2D eigenvalue weighted by Gasteiger charge is 2.09. The fourth-order valence-electron chi connectivity index (χ4n) is 1.50. The molecule has 0 aliphatic rings. The first kappa shape index (κ1) is 12.8. The molecule has 0 radical (unpaired) electrons. The van der Waals surface area contributed by atoms with E-state index in [0.717, 1.165) is 5.69 Å². The summed E-state index contributed by atoms with van der Waals surface area (Å²) in [7, 11) is 1.50. The highest BCUT2D eigenvalue weighted by molar-refractivity contribution is 6.04. The van der Waals surface area contributed by atoms with Gasteiger partial charge in [-0.1, -0.05) is 0 Å². The first-order valence-corrected chi connectivity index (χ1v) is 5.63. The second-order valence-corrected chi connectivity index (χ2v) is 3.95. The summed E-state index contributed by atoms with van der Waals surface area (Å²) in [6.07, 6.45) is 3.08. The van der Waals surface area contributed by atoms with Gasteiger partial charge in [0.1, 0.15) is 5.75 Å². The summed E-state index contributed by atoms with van der Waals surface area (Å²) in [4.78, 5) is 20.1. The zero-order chi connectivity index (χ0) is 13.8. The summed E-state index contributed by atoms with van der Waals surface area (Å²) in [5.74, 6) is 0.561. The predicted molar refractivity (Wildman–Crippen MR) is 72.1 cm³/mol. The molecular formula is C13H14N4O2. The molecule has 0 unspecified atom stereocenters. The number of rotatable bonds is 3. The third kappa shape index (κ3) is 2.98. The van der Waals surface area contributed by atoms with Crippen LogP contribution in [0, 0.1) is 6.92 Å². The summed E-state index contributed by atoms with van der Waals surface area (Å²) >= 11 is 0. The Bertz CT molecular complexity index is 596. The van der Waals surface area contributed by atoms with Gasteiger partial charge in [-0.3, -0.25) is 9.78 Å². The van der Waals surface area contributed by atoms with Crippen LogP contribution in [-0.2, 0) is 0 Å². The number of hydrogen-bond acceptors (Lipinski definition) is 5. The largest absolute Gasteiger partial charge is 0.495 e. The molecule has 1 heterocycles. The highest BCUT2D eigenvalue weighted by Crippen LogP contribution is 2.22. The van der Waals surface area contributed by atoms with Crippen molar-refractivity contribution in [1.82, 2.24) is 9.97 Å². The Morgan fingerprint density at radius 1 is 1.32 bits per heavy atom. The van der Waals surface area contributed by atoms with E-state index in [4.69, 9.17) is 10.5 Å². The summed E-state index contributed by atoms with van der Waals surface area (Å²) in [6, 6.07) is 4.82. The maximum Gasteiger partial charge on any atom is 0.256 e. The zero-order valence-electron chi connectivity index (χ0n) is 10.7. The number of nitrogens with zero attached hydrogens (tertiary/aromatic N) is 2. The molecule has 6 nitrogen and oxygen atoms in total. The van der Waals surface area contributed by atoms with E-state index in [-0.39, 0.29) is 5.91 Å². The molecule has 19 heavy (non-hydrogen) atoms. The number of aryl methyl sites for hydroxylation is 1. The van der Waals surface area contributed by atoms with Crippen molar-refractivity contribution >= 4 is 17.4 Å². The molecule has 0 aliphatic heterocycles. The third-order valence-corrected chi connectivity index (χ3v) is 2.52. The van der Waals surface area contributed by atoms with Crippen LogP contribution in [0.5, 0.6) is 5.75 Å². The molecule has 0 aliphatic carbocycles. The van der Waals surface area contributed by atoms with Crippen LogP contribution in [0.4, 0.5) is 11.5 Å². The van der Waals surface area contributed by atoms with Gasteiger partial charge >= 0.3 is 0 Å². The molecule has 6 heteroatoms. The summed E-state index contributed by atoms with van der Waals surface area (Å²) in [5, 5.41) is 2.65. The maximum absolute atomic E-state index is 12.0. The van der Waals surface area contributed by atoms with Gasteiger partial charge in [0.05, 0.1) is 30.9 Å². The molecule has 2 rings (SSSR count). The van der Waals surface area contributed by atoms with Gasteiger partial charge in [0.2, 0.25) is 0 Å². The van der Waals surface area contributed by atoms with Crippen molar-refractivity contribution in [1.29, 1.82) is 0 Å². The van der Waals surface area contributed by atoms with Gasteiger partial charge < -0.3 is 15.8 Å². The Balaban J connectivity index is 2.18. The smallest absolute Gasteiger partial charge is 0.256 e. The molecule has 98 valence electrons. The van der Waals surface area contributed by atoms with Gasteiger partial charge in [0.25, 0.3) is 5.91 Å². The van der Waals surface area contributed by atoms with Crippen molar-refractivity contribution in [2.75, 3.05) is 18.2 Å². The van der Waals surface area contributed by atoms with Crippen molar-refractivity contribution in [3.8, 4) is 5.75 Å². The van der Waals surface area contributed by atoms with Crippen LogP contribution in [0.15, 0.2) is 30.6 Å². The molecule has 1 aromatic heterocycles. The molecule has 0 atom stereocenters. The first-order valence-electron chi connectivity index (χ1n) is 5.63. The number of methoxy groups -OCH3 is 1. The van der Waals surface area contributed by atoms with Crippen molar-refractivity contribution in [3.05, 3.63) is 41.9 Å². The van der Waals surface area contributed by atoms with Gasteiger partial charge in [0.15, 0.2) is 5.82 Å². The number of carbonyl (C=O) groups excluding carboxylic acids is 1. The standard InChI is InChI=1S/C13H14N4O2/c1-8-6-16-12(7-15-8)17-13(18)9-3-4-10(14)11(5-9)19-2/h3-7H,14H2,1-2H3,(H,16,17,18). The Morgan fingerprint density at radius 2 is 2.11 bits per heavy atom. The lowest BCUT2D eigenvalue weighted by Crippen LogP contribution is -2.13. The summed E-state index contributed by atoms with van der Waals surface area (Å²) in [6.45, 7) is 1.82. The van der Waals surface area contributed by atoms with Gasteiger partial charge in [-0.2, -0.15) is 0 Å². The zero-order valence-corrected chi connectivity index (χ0v) is 10.7. The lowest BCUT2D eigenvalue weighted by Gasteiger charge is -2.08. The molecule has 0 saturated carbocycles. The second kappa shape index (κ2) is 5.34. The van der Waals surface area contributed by atoms with Crippen molar-refractivity contribution < 1.29 is 9.53 Å². The number of amides is 1. The molecule has 1 aromatic carbocycles. The number of aromatic nitrogens is 2. The quantitative estimate of drug-likeness (QED) is 0.816. The number of carbonyl (C=O) groups is 1. The van der Waals surface area contributed by atoms with Gasteiger partial charge in [0, 0.05) is 5.56 Å². The monoisotopic (exact) mass is 258 g/mol. The van der Waals surface area contributed by atoms with E-state index in [9.17, 15) is 4.79 Å². The number of ether oxygens (including phenoxy) is 1. The lowest BCUT2D eigenvalue weighted by molar-refractivity contribution is 0.102.